The molecule has 0 saturated heterocycles. The molecule has 0 aliphatic heterocycles. The molecule has 0 aliphatic carbocycles. The third kappa shape index (κ3) is 1.79. The van der Waals surface area contributed by atoms with Gasteiger partial charge in [-0.15, -0.1) is 0 Å². The fourth-order valence-electron chi connectivity index (χ4n) is 1.64. The van der Waals surface area contributed by atoms with Crippen molar-refractivity contribution in [2.45, 2.75) is 20.0 Å². The maximum atomic E-state index is 12.9. The molecule has 2 heterocycles. The predicted octanol–water partition coefficient (Wildman–Crippen LogP) is 2.06. The lowest BCUT2D eigenvalue weighted by molar-refractivity contribution is -0.143. The molecule has 0 fully saturated rings. The summed E-state index contributed by atoms with van der Waals surface area (Å²) in [7, 11) is 0. The van der Waals surface area contributed by atoms with Gasteiger partial charge in [0, 0.05) is 17.3 Å². The average Bonchev–Trinajstić information content (AvgIpc) is 2.60. The number of aromatic carboxylic acids is 1. The van der Waals surface area contributed by atoms with Crippen LogP contribution in [0.15, 0.2) is 6.07 Å². The topological polar surface area (TPSA) is 67.5 Å². The van der Waals surface area contributed by atoms with Gasteiger partial charge >= 0.3 is 12.1 Å². The minimum Gasteiger partial charge on any atom is -0.476 e. The molecule has 0 aromatic carbocycles. The van der Waals surface area contributed by atoms with Crippen molar-refractivity contribution in [1.29, 1.82) is 0 Å². The van der Waals surface area contributed by atoms with Crippen molar-refractivity contribution in [1.82, 2.24) is 14.6 Å². The van der Waals surface area contributed by atoms with Gasteiger partial charge in [-0.3, -0.25) is 0 Å². The number of carboxylic acids is 1. The number of alkyl halides is 3. The molecule has 18 heavy (non-hydrogen) atoms. The van der Waals surface area contributed by atoms with Gasteiger partial charge in [0.05, 0.1) is 0 Å². The molecule has 0 aliphatic rings. The largest absolute Gasteiger partial charge is 0.476 e. The molecule has 96 valence electrons. The van der Waals surface area contributed by atoms with E-state index in [1.165, 1.54) is 13.8 Å². The van der Waals surface area contributed by atoms with Crippen LogP contribution in [0.25, 0.3) is 5.65 Å². The van der Waals surface area contributed by atoms with Crippen molar-refractivity contribution < 1.29 is 23.1 Å². The first-order valence-corrected chi connectivity index (χ1v) is 4.89. The number of carboxylic acid groups (broad SMARTS) is 1. The highest BCUT2D eigenvalue weighted by molar-refractivity contribution is 5.86. The van der Waals surface area contributed by atoms with Crippen LogP contribution in [0.3, 0.4) is 0 Å². The minimum atomic E-state index is -4.63. The summed E-state index contributed by atoms with van der Waals surface area (Å²) in [4.78, 5) is 14.6. The Hall–Kier alpha value is -2.12. The zero-order chi connectivity index (χ0) is 13.7. The van der Waals surface area contributed by atoms with Crippen molar-refractivity contribution in [3.05, 3.63) is 28.7 Å². The van der Waals surface area contributed by atoms with E-state index < -0.39 is 23.5 Å². The summed E-state index contributed by atoms with van der Waals surface area (Å²) < 4.78 is 39.3. The van der Waals surface area contributed by atoms with Crippen molar-refractivity contribution in [2.75, 3.05) is 0 Å². The van der Waals surface area contributed by atoms with Crippen LogP contribution in [-0.2, 0) is 6.18 Å². The number of aryl methyl sites for hydroxylation is 1. The highest BCUT2D eigenvalue weighted by Crippen LogP contribution is 2.32. The molecule has 0 radical (unpaired) electrons. The lowest BCUT2D eigenvalue weighted by Gasteiger charge is -2.13. The standard InChI is InChI=1S/C10H8F3N3O2/c1-4-5(2)14-7-3-6(9(17)18)15-16(7)8(4)10(11,12)13/h3H,1-2H3,(H,17,18). The lowest BCUT2D eigenvalue weighted by atomic mass is 10.2. The van der Waals surface area contributed by atoms with Gasteiger partial charge < -0.3 is 5.11 Å². The minimum absolute atomic E-state index is 0.0740. The average molecular weight is 259 g/mol. The Labute approximate surface area is 98.9 Å². The lowest BCUT2D eigenvalue weighted by Crippen LogP contribution is -2.17. The number of carbonyl (C=O) groups is 1. The molecule has 0 amide bonds. The van der Waals surface area contributed by atoms with Crippen molar-refractivity contribution in [3.63, 3.8) is 0 Å². The highest BCUT2D eigenvalue weighted by atomic mass is 19.4. The number of nitrogens with zero attached hydrogens (tertiary/aromatic N) is 3. The molecule has 0 atom stereocenters. The summed E-state index contributed by atoms with van der Waals surface area (Å²) in [5.74, 6) is -1.40. The highest BCUT2D eigenvalue weighted by Gasteiger charge is 2.37. The van der Waals surface area contributed by atoms with E-state index in [0.717, 1.165) is 6.07 Å². The fraction of sp³-hybridized carbons (Fsp3) is 0.300. The van der Waals surface area contributed by atoms with Gasteiger partial charge in [-0.1, -0.05) is 0 Å². The molecular weight excluding hydrogens is 251 g/mol. The number of hydrogen-bond acceptors (Lipinski definition) is 3. The van der Waals surface area contributed by atoms with Crippen molar-refractivity contribution in [3.8, 4) is 0 Å². The summed E-state index contributed by atoms with van der Waals surface area (Å²) in [6.07, 6.45) is -4.63. The summed E-state index contributed by atoms with van der Waals surface area (Å²) in [6, 6.07) is 1.00. The van der Waals surface area contributed by atoms with Crippen molar-refractivity contribution >= 4 is 11.6 Å². The second-order valence-electron chi connectivity index (χ2n) is 3.77. The summed E-state index contributed by atoms with van der Waals surface area (Å²) in [5, 5.41) is 12.1. The zero-order valence-electron chi connectivity index (χ0n) is 9.41. The van der Waals surface area contributed by atoms with Crippen LogP contribution in [0.4, 0.5) is 13.2 Å². The van der Waals surface area contributed by atoms with E-state index in [9.17, 15) is 18.0 Å². The molecule has 8 heteroatoms. The summed E-state index contributed by atoms with van der Waals surface area (Å²) in [5.41, 5.74) is -1.50. The first-order chi connectivity index (χ1) is 8.21. The molecule has 2 aromatic rings. The van der Waals surface area contributed by atoms with Gasteiger partial charge in [-0.25, -0.2) is 14.3 Å². The monoisotopic (exact) mass is 259 g/mol. The Kier molecular flexibility index (Phi) is 2.53. The molecule has 5 nitrogen and oxygen atoms in total. The SMILES string of the molecule is Cc1nc2cc(C(=O)O)nn2c(C(F)(F)F)c1C. The maximum absolute atomic E-state index is 12.9. The number of hydrogen-bond donors (Lipinski definition) is 1. The summed E-state index contributed by atoms with van der Waals surface area (Å²) >= 11 is 0. The molecular formula is C10H8F3N3O2. The Morgan fingerprint density at radius 3 is 2.50 bits per heavy atom. The quantitative estimate of drug-likeness (QED) is 0.851. The van der Waals surface area contributed by atoms with Gasteiger partial charge in [0.2, 0.25) is 0 Å². The second-order valence-corrected chi connectivity index (χ2v) is 3.77. The Morgan fingerprint density at radius 1 is 1.39 bits per heavy atom. The molecule has 2 aromatic heterocycles. The third-order valence-electron chi connectivity index (χ3n) is 2.57. The van der Waals surface area contributed by atoms with Crippen LogP contribution in [-0.4, -0.2) is 25.7 Å². The van der Waals surface area contributed by atoms with Gasteiger partial charge in [0.15, 0.2) is 17.0 Å². The van der Waals surface area contributed by atoms with Crippen LogP contribution in [0.2, 0.25) is 0 Å². The van der Waals surface area contributed by atoms with Gasteiger partial charge in [0.1, 0.15) is 0 Å². The van der Waals surface area contributed by atoms with E-state index >= 15 is 0 Å². The zero-order valence-corrected chi connectivity index (χ0v) is 9.41. The third-order valence-corrected chi connectivity index (χ3v) is 2.57. The molecule has 0 saturated carbocycles. The van der Waals surface area contributed by atoms with Crippen LogP contribution in [0, 0.1) is 13.8 Å². The number of fused-ring (bicyclic) bond motifs is 1. The van der Waals surface area contributed by atoms with Crippen LogP contribution >= 0.6 is 0 Å². The van der Waals surface area contributed by atoms with E-state index in [-0.39, 0.29) is 16.9 Å². The fourth-order valence-corrected chi connectivity index (χ4v) is 1.64. The van der Waals surface area contributed by atoms with Crippen LogP contribution < -0.4 is 0 Å². The second kappa shape index (κ2) is 3.69. The molecule has 2 rings (SSSR count). The van der Waals surface area contributed by atoms with Gasteiger partial charge in [-0.2, -0.15) is 18.3 Å². The van der Waals surface area contributed by atoms with Crippen molar-refractivity contribution in [2.24, 2.45) is 0 Å². The Balaban J connectivity index is 2.88. The Morgan fingerprint density at radius 2 is 2.00 bits per heavy atom. The number of halogens is 3. The summed E-state index contributed by atoms with van der Waals surface area (Å²) in [6.45, 7) is 2.70. The van der Waals surface area contributed by atoms with Gasteiger partial charge in [0.25, 0.3) is 0 Å². The number of aromatic nitrogens is 3. The van der Waals surface area contributed by atoms with E-state index in [0.29, 0.717) is 4.52 Å². The van der Waals surface area contributed by atoms with E-state index in [1.54, 1.807) is 0 Å². The van der Waals surface area contributed by atoms with Gasteiger partial charge in [-0.05, 0) is 13.8 Å². The maximum Gasteiger partial charge on any atom is 0.433 e. The van der Waals surface area contributed by atoms with E-state index in [4.69, 9.17) is 5.11 Å². The first-order valence-electron chi connectivity index (χ1n) is 4.89. The van der Waals surface area contributed by atoms with E-state index in [1.807, 2.05) is 0 Å². The normalized spacial score (nSPS) is 12.1. The molecule has 0 bridgehead atoms. The van der Waals surface area contributed by atoms with Crippen LogP contribution in [0.5, 0.6) is 0 Å². The molecule has 1 N–H and O–H groups in total. The number of rotatable bonds is 1. The Bertz CT molecular complexity index is 646. The van der Waals surface area contributed by atoms with E-state index in [2.05, 4.69) is 10.1 Å². The first kappa shape index (κ1) is 12.3. The molecule has 0 unspecified atom stereocenters. The predicted molar refractivity (Wildman–Crippen MR) is 54.4 cm³/mol. The van der Waals surface area contributed by atoms with Crippen LogP contribution in [0.1, 0.15) is 27.4 Å². The molecule has 0 spiro atoms. The smallest absolute Gasteiger partial charge is 0.433 e.